The lowest BCUT2D eigenvalue weighted by Gasteiger charge is -2.11. The quantitative estimate of drug-likeness (QED) is 0.685. The van der Waals surface area contributed by atoms with Gasteiger partial charge in [-0.1, -0.05) is 0 Å². The Morgan fingerprint density at radius 2 is 2.25 bits per heavy atom. The fraction of sp³-hybridized carbons (Fsp3) is 0.500. The van der Waals surface area contributed by atoms with Gasteiger partial charge in [-0.05, 0) is 12.1 Å². The first-order valence-corrected chi connectivity index (χ1v) is 4.79. The van der Waals surface area contributed by atoms with E-state index in [-0.39, 0.29) is 12.4 Å². The van der Waals surface area contributed by atoms with Gasteiger partial charge < -0.3 is 24.1 Å². The van der Waals surface area contributed by atoms with Crippen LogP contribution >= 0.6 is 0 Å². The van der Waals surface area contributed by atoms with E-state index in [0.717, 1.165) is 0 Å². The number of aliphatic hydroxyl groups is 2. The summed E-state index contributed by atoms with van der Waals surface area (Å²) in [6.07, 6.45) is -2.72. The zero-order valence-electron chi connectivity index (χ0n) is 8.62. The minimum Gasteiger partial charge on any atom is -0.463 e. The van der Waals surface area contributed by atoms with E-state index in [9.17, 15) is 15.0 Å². The summed E-state index contributed by atoms with van der Waals surface area (Å²) in [6.45, 7) is 0.0418. The van der Waals surface area contributed by atoms with Crippen LogP contribution in [-0.2, 0) is 9.47 Å². The van der Waals surface area contributed by atoms with E-state index in [1.165, 1.54) is 19.2 Å². The molecule has 6 heteroatoms. The van der Waals surface area contributed by atoms with Gasteiger partial charge in [0.05, 0.1) is 13.7 Å². The highest BCUT2D eigenvalue weighted by Gasteiger charge is 2.37. The molecule has 1 aromatic rings. The summed E-state index contributed by atoms with van der Waals surface area (Å²) in [4.78, 5) is 11.1. The van der Waals surface area contributed by atoms with Crippen molar-refractivity contribution in [2.45, 2.75) is 18.3 Å². The van der Waals surface area contributed by atoms with Gasteiger partial charge in [0.1, 0.15) is 24.1 Å². The molecule has 2 N–H and O–H groups in total. The van der Waals surface area contributed by atoms with E-state index in [0.29, 0.717) is 5.76 Å². The third-order valence-corrected chi connectivity index (χ3v) is 2.44. The maximum absolute atomic E-state index is 11.1. The van der Waals surface area contributed by atoms with Crippen LogP contribution in [0.3, 0.4) is 0 Å². The minimum atomic E-state index is -1.04. The molecular weight excluding hydrogens is 216 g/mol. The van der Waals surface area contributed by atoms with Gasteiger partial charge in [0, 0.05) is 0 Å². The second kappa shape index (κ2) is 4.25. The molecule has 2 rings (SSSR count). The van der Waals surface area contributed by atoms with E-state index in [4.69, 9.17) is 9.15 Å². The van der Waals surface area contributed by atoms with Crippen LogP contribution < -0.4 is 0 Å². The molecule has 16 heavy (non-hydrogen) atoms. The van der Waals surface area contributed by atoms with Crippen molar-refractivity contribution in [3.63, 3.8) is 0 Å². The van der Waals surface area contributed by atoms with Crippen LogP contribution in [0, 0.1) is 0 Å². The van der Waals surface area contributed by atoms with Gasteiger partial charge in [-0.25, -0.2) is 4.79 Å². The fourth-order valence-corrected chi connectivity index (χ4v) is 1.57. The fourth-order valence-electron chi connectivity index (χ4n) is 1.57. The molecule has 2 heterocycles. The Hall–Kier alpha value is -1.37. The van der Waals surface area contributed by atoms with Crippen molar-refractivity contribution in [3.8, 4) is 0 Å². The van der Waals surface area contributed by atoms with Crippen LogP contribution in [-0.4, -0.2) is 42.1 Å². The lowest BCUT2D eigenvalue weighted by molar-refractivity contribution is 0.0108. The molecule has 88 valence electrons. The molecule has 0 saturated carbocycles. The van der Waals surface area contributed by atoms with Gasteiger partial charge in [-0.3, -0.25) is 0 Å². The number of esters is 1. The lowest BCUT2D eigenvalue weighted by atomic mass is 10.1. The second-order valence-electron chi connectivity index (χ2n) is 3.51. The molecule has 0 aromatic carbocycles. The van der Waals surface area contributed by atoms with Crippen LogP contribution in [0.15, 0.2) is 16.5 Å². The molecule has 0 amide bonds. The summed E-state index contributed by atoms with van der Waals surface area (Å²) in [5.74, 6) is -0.265. The van der Waals surface area contributed by atoms with Crippen molar-refractivity contribution in [2.24, 2.45) is 0 Å². The van der Waals surface area contributed by atoms with E-state index in [2.05, 4.69) is 4.74 Å². The molecule has 0 spiro atoms. The number of hydrogen-bond donors (Lipinski definition) is 2. The summed E-state index contributed by atoms with van der Waals surface area (Å²) in [6, 6.07) is 2.94. The van der Waals surface area contributed by atoms with Crippen molar-refractivity contribution < 1.29 is 28.9 Å². The van der Waals surface area contributed by atoms with E-state index in [1.54, 1.807) is 0 Å². The molecule has 1 aliphatic heterocycles. The maximum Gasteiger partial charge on any atom is 0.373 e. The zero-order chi connectivity index (χ0) is 11.7. The van der Waals surface area contributed by atoms with E-state index < -0.39 is 24.3 Å². The Kier molecular flexibility index (Phi) is 2.95. The van der Waals surface area contributed by atoms with Gasteiger partial charge in [0.15, 0.2) is 0 Å². The summed E-state index contributed by atoms with van der Waals surface area (Å²) in [7, 11) is 1.25. The largest absolute Gasteiger partial charge is 0.463 e. The Bertz CT molecular complexity index is 384. The Labute approximate surface area is 91.4 Å². The number of rotatable bonds is 2. The normalized spacial score (nSPS) is 29.3. The summed E-state index contributed by atoms with van der Waals surface area (Å²) < 4.78 is 14.8. The number of carbonyl (C=O) groups excluding carboxylic acids is 1. The number of carbonyl (C=O) groups is 1. The molecule has 0 radical (unpaired) electrons. The van der Waals surface area contributed by atoms with Crippen LogP contribution in [0.2, 0.25) is 0 Å². The summed E-state index contributed by atoms with van der Waals surface area (Å²) in [5, 5.41) is 18.8. The maximum atomic E-state index is 11.1. The lowest BCUT2D eigenvalue weighted by Crippen LogP contribution is -2.24. The highest BCUT2D eigenvalue weighted by molar-refractivity contribution is 5.86. The molecule has 1 saturated heterocycles. The van der Waals surface area contributed by atoms with Crippen molar-refractivity contribution in [2.75, 3.05) is 13.7 Å². The van der Waals surface area contributed by atoms with Gasteiger partial charge in [0.2, 0.25) is 5.76 Å². The van der Waals surface area contributed by atoms with Gasteiger partial charge >= 0.3 is 5.97 Å². The smallest absolute Gasteiger partial charge is 0.373 e. The SMILES string of the molecule is COC(=O)c1ccc([C@@H]2OC[C@@H](O)[C@H]2O)o1. The molecular formula is C10H12O6. The Morgan fingerprint density at radius 3 is 2.81 bits per heavy atom. The van der Waals surface area contributed by atoms with Gasteiger partial charge in [0.25, 0.3) is 0 Å². The number of aliphatic hydroxyl groups excluding tert-OH is 2. The number of hydrogen-bond acceptors (Lipinski definition) is 6. The average Bonchev–Trinajstić information content (AvgIpc) is 2.87. The molecule has 0 aliphatic carbocycles. The second-order valence-corrected chi connectivity index (χ2v) is 3.51. The van der Waals surface area contributed by atoms with Crippen molar-refractivity contribution in [3.05, 3.63) is 23.7 Å². The number of furan rings is 1. The first kappa shape index (κ1) is 11.1. The van der Waals surface area contributed by atoms with Crippen LogP contribution in [0.5, 0.6) is 0 Å². The third-order valence-electron chi connectivity index (χ3n) is 2.44. The zero-order valence-corrected chi connectivity index (χ0v) is 8.62. The van der Waals surface area contributed by atoms with E-state index in [1.807, 2.05) is 0 Å². The van der Waals surface area contributed by atoms with Crippen molar-refractivity contribution in [1.82, 2.24) is 0 Å². The monoisotopic (exact) mass is 228 g/mol. The summed E-state index contributed by atoms with van der Waals surface area (Å²) in [5.41, 5.74) is 0. The number of ether oxygens (including phenoxy) is 2. The third kappa shape index (κ3) is 1.82. The molecule has 1 aromatic heterocycles. The van der Waals surface area contributed by atoms with Crippen LogP contribution in [0.25, 0.3) is 0 Å². The van der Waals surface area contributed by atoms with Crippen molar-refractivity contribution >= 4 is 5.97 Å². The van der Waals surface area contributed by atoms with Gasteiger partial charge in [-0.2, -0.15) is 0 Å². The van der Waals surface area contributed by atoms with Crippen molar-refractivity contribution in [1.29, 1.82) is 0 Å². The predicted octanol–water partition coefficient (Wildman–Crippen LogP) is -0.141. The topological polar surface area (TPSA) is 89.1 Å². The summed E-state index contributed by atoms with van der Waals surface area (Å²) >= 11 is 0. The molecule has 6 nitrogen and oxygen atoms in total. The van der Waals surface area contributed by atoms with Gasteiger partial charge in [-0.15, -0.1) is 0 Å². The average molecular weight is 228 g/mol. The Morgan fingerprint density at radius 1 is 1.50 bits per heavy atom. The molecule has 1 aliphatic rings. The van der Waals surface area contributed by atoms with Crippen LogP contribution in [0.4, 0.5) is 0 Å². The molecule has 0 unspecified atom stereocenters. The number of methoxy groups -OCH3 is 1. The highest BCUT2D eigenvalue weighted by atomic mass is 16.6. The van der Waals surface area contributed by atoms with Crippen LogP contribution in [0.1, 0.15) is 22.4 Å². The first-order chi connectivity index (χ1) is 7.63. The van der Waals surface area contributed by atoms with E-state index >= 15 is 0 Å². The predicted molar refractivity (Wildman–Crippen MR) is 50.8 cm³/mol. The highest BCUT2D eigenvalue weighted by Crippen LogP contribution is 2.30. The molecule has 1 fully saturated rings. The molecule has 3 atom stereocenters. The molecule has 0 bridgehead atoms. The standard InChI is InChI=1S/C10H12O6/c1-14-10(13)7-3-2-6(16-7)9-8(12)5(11)4-15-9/h2-3,5,8-9,11-12H,4H2,1H3/t5-,8-,9+/m1/s1. The minimum absolute atomic E-state index is 0.0367. The Balaban J connectivity index is 2.16. The first-order valence-electron chi connectivity index (χ1n) is 4.79.